The predicted molar refractivity (Wildman–Crippen MR) is 288 cm³/mol. The Morgan fingerprint density at radius 1 is 0.348 bits per heavy atom. The highest BCUT2D eigenvalue weighted by atomic mass is 16.6. The highest BCUT2D eigenvalue weighted by Crippen LogP contribution is 2.12. The van der Waals surface area contributed by atoms with Crippen molar-refractivity contribution in [2.75, 3.05) is 19.8 Å². The van der Waals surface area contributed by atoms with Gasteiger partial charge in [0.25, 0.3) is 0 Å². The summed E-state index contributed by atoms with van der Waals surface area (Å²) in [5.74, 6) is -0.531. The van der Waals surface area contributed by atoms with Crippen LogP contribution in [0.25, 0.3) is 0 Å². The Morgan fingerprint density at radius 3 is 1.17 bits per heavy atom. The van der Waals surface area contributed by atoms with Crippen molar-refractivity contribution < 1.29 is 23.8 Å². The smallest absolute Gasteiger partial charge is 0.306 e. The molecule has 0 aliphatic carbocycles. The number of allylic oxidation sites excluding steroid dienone is 22. The molecule has 0 aliphatic heterocycles. The average molecular weight is 911 g/mol. The molecule has 0 spiro atoms. The summed E-state index contributed by atoms with van der Waals surface area (Å²) in [6, 6.07) is 0. The minimum atomic E-state index is -0.597. The second-order valence-corrected chi connectivity index (χ2v) is 17.0. The zero-order chi connectivity index (χ0) is 47.7. The highest BCUT2D eigenvalue weighted by molar-refractivity contribution is 5.70. The summed E-state index contributed by atoms with van der Waals surface area (Å²) in [6.07, 6.45) is 79.1. The Morgan fingerprint density at radius 2 is 0.712 bits per heavy atom. The lowest BCUT2D eigenvalue weighted by Gasteiger charge is -2.18. The maximum Gasteiger partial charge on any atom is 0.306 e. The van der Waals surface area contributed by atoms with Crippen molar-refractivity contribution in [3.63, 3.8) is 0 Å². The molecule has 0 bridgehead atoms. The van der Waals surface area contributed by atoms with Gasteiger partial charge >= 0.3 is 11.9 Å². The fourth-order valence-corrected chi connectivity index (χ4v) is 6.76. The Bertz CT molecular complexity index is 1400. The summed E-state index contributed by atoms with van der Waals surface area (Å²) < 4.78 is 17.3. The Hall–Kier alpha value is -3.96. The summed E-state index contributed by atoms with van der Waals surface area (Å²) in [5.41, 5.74) is 0. The maximum absolute atomic E-state index is 12.8. The van der Waals surface area contributed by atoms with Gasteiger partial charge in [-0.05, 0) is 122 Å². The molecule has 66 heavy (non-hydrogen) atoms. The first-order valence-corrected chi connectivity index (χ1v) is 26.7. The fourth-order valence-electron chi connectivity index (χ4n) is 6.76. The molecule has 0 radical (unpaired) electrons. The van der Waals surface area contributed by atoms with Crippen LogP contribution in [0.15, 0.2) is 134 Å². The van der Waals surface area contributed by atoms with Crippen molar-refractivity contribution >= 4 is 11.9 Å². The third kappa shape index (κ3) is 52.7. The maximum atomic E-state index is 12.8. The highest BCUT2D eigenvalue weighted by Gasteiger charge is 2.17. The van der Waals surface area contributed by atoms with E-state index in [1.54, 1.807) is 0 Å². The molecule has 0 N–H and O–H groups in total. The number of hydrogen-bond donors (Lipinski definition) is 0. The molecule has 0 heterocycles. The lowest BCUT2D eigenvalue weighted by Crippen LogP contribution is -2.30. The zero-order valence-electron chi connectivity index (χ0n) is 42.7. The van der Waals surface area contributed by atoms with Gasteiger partial charge in [0, 0.05) is 19.4 Å². The molecule has 0 aromatic rings. The van der Waals surface area contributed by atoms with Crippen LogP contribution < -0.4 is 0 Å². The molecule has 5 heteroatoms. The van der Waals surface area contributed by atoms with E-state index in [1.807, 2.05) is 6.08 Å². The first-order chi connectivity index (χ1) is 32.6. The van der Waals surface area contributed by atoms with Crippen molar-refractivity contribution in [3.8, 4) is 0 Å². The molecular weight excluding hydrogens is 813 g/mol. The number of esters is 2. The van der Waals surface area contributed by atoms with Crippen molar-refractivity contribution in [1.29, 1.82) is 0 Å². The van der Waals surface area contributed by atoms with Gasteiger partial charge in [-0.15, -0.1) is 0 Å². The van der Waals surface area contributed by atoms with Gasteiger partial charge in [-0.3, -0.25) is 9.59 Å². The number of hydrogen-bond acceptors (Lipinski definition) is 5. The molecule has 0 saturated carbocycles. The van der Waals surface area contributed by atoms with E-state index in [0.717, 1.165) is 116 Å². The molecule has 0 aliphatic rings. The molecule has 0 fully saturated rings. The van der Waals surface area contributed by atoms with Crippen LogP contribution >= 0.6 is 0 Å². The molecule has 0 aromatic carbocycles. The minimum Gasteiger partial charge on any atom is -0.462 e. The summed E-state index contributed by atoms with van der Waals surface area (Å²) in [7, 11) is 0. The number of rotatable bonds is 47. The molecule has 1 atom stereocenters. The van der Waals surface area contributed by atoms with E-state index in [-0.39, 0.29) is 31.6 Å². The van der Waals surface area contributed by atoms with E-state index < -0.39 is 6.10 Å². The second-order valence-electron chi connectivity index (χ2n) is 17.0. The molecule has 372 valence electrons. The van der Waals surface area contributed by atoms with Gasteiger partial charge in [-0.25, -0.2) is 0 Å². The van der Waals surface area contributed by atoms with E-state index in [2.05, 4.69) is 148 Å². The number of carbonyl (C=O) groups is 2. The fraction of sp³-hybridized carbons (Fsp3) is 0.607. The van der Waals surface area contributed by atoms with Crippen LogP contribution in [-0.2, 0) is 23.8 Å². The van der Waals surface area contributed by atoms with Gasteiger partial charge in [0.1, 0.15) is 6.61 Å². The first kappa shape index (κ1) is 62.0. The monoisotopic (exact) mass is 911 g/mol. The third-order valence-electron chi connectivity index (χ3n) is 10.7. The molecule has 0 rings (SSSR count). The van der Waals surface area contributed by atoms with Gasteiger partial charge in [-0.2, -0.15) is 0 Å². The van der Waals surface area contributed by atoms with Gasteiger partial charge < -0.3 is 14.2 Å². The summed E-state index contributed by atoms with van der Waals surface area (Å²) in [6.45, 7) is 7.42. The average Bonchev–Trinajstić information content (AvgIpc) is 3.32. The molecule has 0 saturated heterocycles. The van der Waals surface area contributed by atoms with Gasteiger partial charge in [0.2, 0.25) is 0 Å². The van der Waals surface area contributed by atoms with Crippen LogP contribution in [0.1, 0.15) is 213 Å². The zero-order valence-corrected chi connectivity index (χ0v) is 42.7. The summed E-state index contributed by atoms with van der Waals surface area (Å²) in [5, 5.41) is 0. The minimum absolute atomic E-state index is 0.0204. The lowest BCUT2D eigenvalue weighted by molar-refractivity contribution is -0.162. The topological polar surface area (TPSA) is 61.8 Å². The molecular formula is C61H98O5. The lowest BCUT2D eigenvalue weighted by atomic mass is 10.1. The van der Waals surface area contributed by atoms with E-state index >= 15 is 0 Å². The number of ether oxygens (including phenoxy) is 3. The Balaban J connectivity index is 4.49. The summed E-state index contributed by atoms with van der Waals surface area (Å²) >= 11 is 0. The molecule has 0 amide bonds. The molecule has 5 nitrogen and oxygen atoms in total. The van der Waals surface area contributed by atoms with E-state index in [4.69, 9.17) is 14.2 Å². The van der Waals surface area contributed by atoms with Crippen LogP contribution in [0.3, 0.4) is 0 Å². The Labute approximate surface area is 407 Å². The quantitative estimate of drug-likeness (QED) is 0.0346. The van der Waals surface area contributed by atoms with Crippen molar-refractivity contribution in [2.24, 2.45) is 0 Å². The van der Waals surface area contributed by atoms with Gasteiger partial charge in [0.05, 0.1) is 6.61 Å². The number of carbonyl (C=O) groups excluding carboxylic acids is 2. The van der Waals surface area contributed by atoms with Gasteiger partial charge in [-0.1, -0.05) is 212 Å². The number of unbranched alkanes of at least 4 members (excludes halogenated alkanes) is 14. The van der Waals surface area contributed by atoms with Crippen molar-refractivity contribution in [1.82, 2.24) is 0 Å². The normalized spacial score (nSPS) is 13.3. The van der Waals surface area contributed by atoms with Crippen LogP contribution in [0.2, 0.25) is 0 Å². The standard InChI is InChI=1S/C61H98O5/c1-4-7-10-13-16-19-22-25-28-30-31-32-34-36-39-42-45-48-51-54-60(62)65-58-59(57-64-56-53-50-47-44-41-38-35-29-26-23-20-17-14-11-8-5-2)66-61(63)55-52-49-46-43-40-37-33-27-24-21-18-15-12-9-6-3/h7-8,10-11,16-17,19-20,25-29,31-33,36,38-39,41,45,48,59H,4-6,9,12-15,18,21-24,30,34-35,37,40,42-44,46-47,49-58H2,1-3H3/b10-7-,11-8-,19-16-,20-17-,28-25-,29-26-,32-31-,33-27-,39-36-,41-38-,48-45-. The van der Waals surface area contributed by atoms with E-state index in [1.165, 1.54) is 57.8 Å². The Kier molecular flexibility index (Phi) is 52.0. The predicted octanol–water partition coefficient (Wildman–Crippen LogP) is 18.3. The second kappa shape index (κ2) is 55.4. The molecule has 1 unspecified atom stereocenters. The van der Waals surface area contributed by atoms with Crippen molar-refractivity contribution in [3.05, 3.63) is 134 Å². The van der Waals surface area contributed by atoms with Crippen LogP contribution in [-0.4, -0.2) is 37.9 Å². The van der Waals surface area contributed by atoms with Crippen LogP contribution in [0.4, 0.5) is 0 Å². The third-order valence-corrected chi connectivity index (χ3v) is 10.7. The van der Waals surface area contributed by atoms with E-state index in [9.17, 15) is 9.59 Å². The van der Waals surface area contributed by atoms with Crippen LogP contribution in [0, 0.1) is 0 Å². The largest absolute Gasteiger partial charge is 0.462 e. The van der Waals surface area contributed by atoms with Gasteiger partial charge in [0.15, 0.2) is 6.10 Å². The van der Waals surface area contributed by atoms with Crippen molar-refractivity contribution in [2.45, 2.75) is 219 Å². The molecule has 0 aromatic heterocycles. The van der Waals surface area contributed by atoms with E-state index in [0.29, 0.717) is 19.4 Å². The first-order valence-electron chi connectivity index (χ1n) is 26.7. The van der Waals surface area contributed by atoms with Crippen LogP contribution in [0.5, 0.6) is 0 Å². The SMILES string of the molecule is CC/C=C\C/C=C\C/C=C\C/C=C\C/C=C\C/C=C\CCC(=O)OCC(COCCCCC/C=C\C/C=C\C/C=C\C/C=C\CC)OC(=O)CCCCCCC/C=C\CCCCCCCC. The summed E-state index contributed by atoms with van der Waals surface area (Å²) in [4.78, 5) is 25.4.